The number of carbonyl (C=O) groups is 3. The first-order valence-corrected chi connectivity index (χ1v) is 9.41. The van der Waals surface area contributed by atoms with Crippen molar-refractivity contribution in [3.8, 4) is 11.5 Å². The van der Waals surface area contributed by atoms with E-state index < -0.39 is 11.9 Å². The van der Waals surface area contributed by atoms with Gasteiger partial charge in [0.25, 0.3) is 0 Å². The van der Waals surface area contributed by atoms with Crippen molar-refractivity contribution in [1.29, 1.82) is 0 Å². The molecule has 0 aliphatic carbocycles. The van der Waals surface area contributed by atoms with Crippen LogP contribution in [0.25, 0.3) is 10.8 Å². The van der Waals surface area contributed by atoms with Gasteiger partial charge in [-0.25, -0.2) is 0 Å². The number of hydrogen-bond acceptors (Lipinski definition) is 6. The zero-order valence-corrected chi connectivity index (χ0v) is 18.3. The second-order valence-corrected chi connectivity index (χ2v) is 7.51. The highest BCUT2D eigenvalue weighted by Crippen LogP contribution is 2.35. The van der Waals surface area contributed by atoms with Gasteiger partial charge in [-0.2, -0.15) is 0 Å². The Morgan fingerprint density at radius 2 is 1.48 bits per heavy atom. The van der Waals surface area contributed by atoms with E-state index in [4.69, 9.17) is 9.47 Å². The molecule has 7 heteroatoms. The SMILES string of the molecule is CCC(=O)Oc1cc2cccc(C(=O)CNC(C)(C)C)c2cc1OC(=O)CC.Cl. The molecule has 0 fully saturated rings. The molecule has 6 nitrogen and oxygen atoms in total. The molecule has 2 rings (SSSR count). The van der Waals surface area contributed by atoms with Gasteiger partial charge in [-0.3, -0.25) is 14.4 Å². The molecule has 158 valence electrons. The molecule has 0 amide bonds. The quantitative estimate of drug-likeness (QED) is 0.403. The van der Waals surface area contributed by atoms with E-state index in [0.29, 0.717) is 10.9 Å². The maximum Gasteiger partial charge on any atom is 0.311 e. The molecule has 0 radical (unpaired) electrons. The number of nitrogens with one attached hydrogen (secondary N) is 1. The lowest BCUT2D eigenvalue weighted by Crippen LogP contribution is -2.39. The van der Waals surface area contributed by atoms with Crippen LogP contribution in [-0.2, 0) is 9.59 Å². The Bertz CT molecular complexity index is 902. The lowest BCUT2D eigenvalue weighted by Gasteiger charge is -2.20. The summed E-state index contributed by atoms with van der Waals surface area (Å²) in [5.74, 6) is -0.670. The molecular formula is C22H28ClNO5. The zero-order chi connectivity index (χ0) is 20.9. The van der Waals surface area contributed by atoms with Gasteiger partial charge in [0.05, 0.1) is 6.54 Å². The van der Waals surface area contributed by atoms with Crippen LogP contribution in [0.3, 0.4) is 0 Å². The molecule has 0 aliphatic rings. The molecule has 0 saturated heterocycles. The van der Waals surface area contributed by atoms with Crippen molar-refractivity contribution in [3.63, 3.8) is 0 Å². The van der Waals surface area contributed by atoms with Gasteiger partial charge in [-0.05, 0) is 43.7 Å². The van der Waals surface area contributed by atoms with Crippen molar-refractivity contribution in [2.75, 3.05) is 6.54 Å². The first kappa shape index (κ1) is 24.6. The summed E-state index contributed by atoms with van der Waals surface area (Å²) in [6.45, 7) is 9.49. The van der Waals surface area contributed by atoms with E-state index in [2.05, 4.69) is 5.32 Å². The summed E-state index contributed by atoms with van der Waals surface area (Å²) in [5.41, 5.74) is 0.320. The lowest BCUT2D eigenvalue weighted by atomic mass is 10.00. The van der Waals surface area contributed by atoms with Crippen molar-refractivity contribution in [2.45, 2.75) is 53.0 Å². The minimum absolute atomic E-state index is 0. The monoisotopic (exact) mass is 421 g/mol. The van der Waals surface area contributed by atoms with Gasteiger partial charge in [0.1, 0.15) is 0 Å². The van der Waals surface area contributed by atoms with Crippen LogP contribution in [0.1, 0.15) is 57.8 Å². The molecule has 0 unspecified atom stereocenters. The highest BCUT2D eigenvalue weighted by atomic mass is 35.5. The number of Topliss-reactive ketones (excluding diaryl/α,β-unsaturated/α-hetero) is 1. The third-order valence-electron chi connectivity index (χ3n) is 4.05. The van der Waals surface area contributed by atoms with Crippen LogP contribution in [0.5, 0.6) is 11.5 Å². The topological polar surface area (TPSA) is 81.7 Å². The number of carbonyl (C=O) groups excluding carboxylic acids is 3. The number of ketones is 1. The Hall–Kier alpha value is -2.44. The summed E-state index contributed by atoms with van der Waals surface area (Å²) in [4.78, 5) is 36.3. The summed E-state index contributed by atoms with van der Waals surface area (Å²) < 4.78 is 10.7. The summed E-state index contributed by atoms with van der Waals surface area (Å²) >= 11 is 0. The highest BCUT2D eigenvalue weighted by Gasteiger charge is 2.19. The van der Waals surface area contributed by atoms with E-state index in [9.17, 15) is 14.4 Å². The normalized spacial score (nSPS) is 10.9. The predicted octanol–water partition coefficient (Wildman–Crippen LogP) is 4.46. The maximum absolute atomic E-state index is 12.7. The van der Waals surface area contributed by atoms with Gasteiger partial charge in [0.2, 0.25) is 0 Å². The van der Waals surface area contributed by atoms with Crippen LogP contribution in [0.2, 0.25) is 0 Å². The Kier molecular flexibility index (Phi) is 8.80. The molecule has 0 aromatic heterocycles. The van der Waals surface area contributed by atoms with Crippen LogP contribution in [0.15, 0.2) is 30.3 Å². The van der Waals surface area contributed by atoms with Gasteiger partial charge in [0, 0.05) is 23.9 Å². The number of benzene rings is 2. The average Bonchev–Trinajstić information content (AvgIpc) is 2.65. The largest absolute Gasteiger partial charge is 0.422 e. The first-order valence-electron chi connectivity index (χ1n) is 9.41. The van der Waals surface area contributed by atoms with E-state index in [0.717, 1.165) is 5.39 Å². The minimum atomic E-state index is -0.452. The third kappa shape index (κ3) is 6.84. The minimum Gasteiger partial charge on any atom is -0.422 e. The van der Waals surface area contributed by atoms with Crippen LogP contribution in [0.4, 0.5) is 0 Å². The van der Waals surface area contributed by atoms with E-state index in [1.165, 1.54) is 0 Å². The molecule has 0 aliphatic heterocycles. The van der Waals surface area contributed by atoms with Crippen molar-refractivity contribution in [2.24, 2.45) is 0 Å². The van der Waals surface area contributed by atoms with Crippen molar-refractivity contribution >= 4 is 40.9 Å². The maximum atomic E-state index is 12.7. The van der Waals surface area contributed by atoms with E-state index >= 15 is 0 Å². The fourth-order valence-corrected chi connectivity index (χ4v) is 2.52. The van der Waals surface area contributed by atoms with E-state index in [-0.39, 0.29) is 54.6 Å². The van der Waals surface area contributed by atoms with E-state index in [1.54, 1.807) is 38.1 Å². The van der Waals surface area contributed by atoms with E-state index in [1.807, 2.05) is 26.8 Å². The number of esters is 2. The van der Waals surface area contributed by atoms with Gasteiger partial charge in [0.15, 0.2) is 17.3 Å². The van der Waals surface area contributed by atoms with Crippen molar-refractivity contribution in [3.05, 3.63) is 35.9 Å². The summed E-state index contributed by atoms with van der Waals surface area (Å²) in [6.07, 6.45) is 0.367. The molecule has 29 heavy (non-hydrogen) atoms. The third-order valence-corrected chi connectivity index (χ3v) is 4.05. The fraction of sp³-hybridized carbons (Fsp3) is 0.409. The zero-order valence-electron chi connectivity index (χ0n) is 17.5. The molecule has 0 spiro atoms. The number of ether oxygens (including phenoxy) is 2. The lowest BCUT2D eigenvalue weighted by molar-refractivity contribution is -0.136. The molecule has 0 bridgehead atoms. The Morgan fingerprint density at radius 1 is 0.931 bits per heavy atom. The Labute approximate surface area is 177 Å². The molecule has 2 aromatic carbocycles. The smallest absolute Gasteiger partial charge is 0.311 e. The number of hydrogen-bond donors (Lipinski definition) is 1. The molecule has 0 saturated carbocycles. The van der Waals surface area contributed by atoms with Gasteiger partial charge in [-0.15, -0.1) is 12.4 Å². The summed E-state index contributed by atoms with van der Waals surface area (Å²) in [5, 5.41) is 4.54. The summed E-state index contributed by atoms with van der Waals surface area (Å²) in [7, 11) is 0. The summed E-state index contributed by atoms with van der Waals surface area (Å²) in [6, 6.07) is 8.53. The number of fused-ring (bicyclic) bond motifs is 1. The predicted molar refractivity (Wildman–Crippen MR) is 115 cm³/mol. The highest BCUT2D eigenvalue weighted by molar-refractivity contribution is 6.10. The van der Waals surface area contributed by atoms with Crippen LogP contribution in [-0.4, -0.2) is 29.8 Å². The molecule has 0 atom stereocenters. The fourth-order valence-electron chi connectivity index (χ4n) is 2.52. The first-order chi connectivity index (χ1) is 13.1. The van der Waals surface area contributed by atoms with Crippen molar-refractivity contribution < 1.29 is 23.9 Å². The second-order valence-electron chi connectivity index (χ2n) is 7.51. The molecule has 0 heterocycles. The number of rotatable bonds is 7. The van der Waals surface area contributed by atoms with Crippen LogP contribution >= 0.6 is 12.4 Å². The number of halogens is 1. The van der Waals surface area contributed by atoms with Crippen LogP contribution in [0, 0.1) is 0 Å². The molecule has 2 aromatic rings. The Balaban J connectivity index is 0.00000420. The van der Waals surface area contributed by atoms with Gasteiger partial charge >= 0.3 is 11.9 Å². The van der Waals surface area contributed by atoms with Gasteiger partial charge in [-0.1, -0.05) is 32.0 Å². The second kappa shape index (κ2) is 10.4. The molecular weight excluding hydrogens is 394 g/mol. The van der Waals surface area contributed by atoms with Gasteiger partial charge < -0.3 is 14.8 Å². The standard InChI is InChI=1S/C22H27NO5.ClH/c1-6-20(25)27-18-11-14-9-8-10-15(17(24)13-23-22(3,4)5)16(14)12-19(18)28-21(26)7-2;/h8-12,23H,6-7,13H2,1-5H3;1H. The molecule has 1 N–H and O–H groups in total. The Morgan fingerprint density at radius 3 is 2.00 bits per heavy atom. The van der Waals surface area contributed by atoms with Crippen molar-refractivity contribution in [1.82, 2.24) is 5.32 Å². The van der Waals surface area contributed by atoms with Crippen LogP contribution < -0.4 is 14.8 Å². The average molecular weight is 422 g/mol.